The monoisotopic (exact) mass is 236 g/mol. The molecule has 0 radical (unpaired) electrons. The molecule has 0 heteroatoms. The minimum absolute atomic E-state index is 0.917. The summed E-state index contributed by atoms with van der Waals surface area (Å²) < 4.78 is 0. The number of hydrogen-bond acceptors (Lipinski definition) is 0. The fourth-order valence-electron chi connectivity index (χ4n) is 4.25. The van der Waals surface area contributed by atoms with Crippen LogP contribution in [0.4, 0.5) is 0 Å². The van der Waals surface area contributed by atoms with Crippen LogP contribution in [-0.2, 0) is 0 Å². The maximum absolute atomic E-state index is 2.44. The van der Waals surface area contributed by atoms with Crippen molar-refractivity contribution in [2.45, 2.75) is 78.6 Å². The van der Waals surface area contributed by atoms with Crippen LogP contribution in [0, 0.1) is 29.6 Å². The van der Waals surface area contributed by atoms with Crippen LogP contribution in [0.15, 0.2) is 0 Å². The normalized spacial score (nSPS) is 40.2. The van der Waals surface area contributed by atoms with Crippen molar-refractivity contribution in [3.63, 3.8) is 0 Å². The summed E-state index contributed by atoms with van der Waals surface area (Å²) in [5, 5.41) is 0. The lowest BCUT2D eigenvalue weighted by atomic mass is 9.74. The van der Waals surface area contributed by atoms with Gasteiger partial charge in [-0.1, -0.05) is 52.9 Å². The van der Waals surface area contributed by atoms with Crippen molar-refractivity contribution in [3.8, 4) is 0 Å². The highest BCUT2D eigenvalue weighted by molar-refractivity contribution is 4.80. The molecule has 100 valence electrons. The van der Waals surface area contributed by atoms with Crippen LogP contribution >= 0.6 is 0 Å². The first kappa shape index (κ1) is 13.4. The van der Waals surface area contributed by atoms with Crippen LogP contribution in [0.5, 0.6) is 0 Å². The van der Waals surface area contributed by atoms with Crippen molar-refractivity contribution in [1.82, 2.24) is 0 Å². The molecule has 0 saturated heterocycles. The summed E-state index contributed by atoms with van der Waals surface area (Å²) in [7, 11) is 0. The van der Waals surface area contributed by atoms with Crippen molar-refractivity contribution >= 4 is 0 Å². The molecule has 0 aromatic carbocycles. The molecule has 0 aromatic rings. The van der Waals surface area contributed by atoms with Crippen LogP contribution in [0.3, 0.4) is 0 Å². The molecule has 2 fully saturated rings. The van der Waals surface area contributed by atoms with Gasteiger partial charge in [0.1, 0.15) is 0 Å². The number of rotatable bonds is 2. The highest BCUT2D eigenvalue weighted by atomic mass is 14.3. The van der Waals surface area contributed by atoms with Gasteiger partial charge in [-0.3, -0.25) is 0 Å². The Labute approximate surface area is 109 Å². The lowest BCUT2D eigenvalue weighted by molar-refractivity contribution is 0.193. The maximum atomic E-state index is 2.44. The molecule has 2 rings (SSSR count). The van der Waals surface area contributed by atoms with Crippen molar-refractivity contribution < 1.29 is 0 Å². The Hall–Kier alpha value is 0. The van der Waals surface area contributed by atoms with Gasteiger partial charge in [0.2, 0.25) is 0 Å². The zero-order chi connectivity index (χ0) is 12.3. The minimum Gasteiger partial charge on any atom is -0.0625 e. The lowest BCUT2D eigenvalue weighted by Crippen LogP contribution is -2.20. The molecule has 2 saturated carbocycles. The molecule has 2 atom stereocenters. The standard InChI is InChI=1S/C17H32/c1-13(2)15-5-4-6-16(12-11-15)17-9-7-14(3)8-10-17/h13-17H,4-12H2,1-3H3. The third-order valence-electron chi connectivity index (χ3n) is 5.73. The smallest absolute Gasteiger partial charge is 0.0386 e. The topological polar surface area (TPSA) is 0 Å². The van der Waals surface area contributed by atoms with Gasteiger partial charge in [-0.15, -0.1) is 0 Å². The van der Waals surface area contributed by atoms with Gasteiger partial charge in [0, 0.05) is 0 Å². The fraction of sp³-hybridized carbons (Fsp3) is 1.00. The zero-order valence-electron chi connectivity index (χ0n) is 12.3. The van der Waals surface area contributed by atoms with Gasteiger partial charge in [-0.05, 0) is 55.3 Å². The lowest BCUT2D eigenvalue weighted by Gasteiger charge is -2.32. The Kier molecular flexibility index (Phi) is 4.94. The number of hydrogen-bond donors (Lipinski definition) is 0. The fourth-order valence-corrected chi connectivity index (χ4v) is 4.25. The van der Waals surface area contributed by atoms with E-state index < -0.39 is 0 Å². The van der Waals surface area contributed by atoms with Crippen LogP contribution in [-0.4, -0.2) is 0 Å². The molecule has 17 heavy (non-hydrogen) atoms. The molecule has 0 heterocycles. The second-order valence-corrected chi connectivity index (χ2v) is 7.29. The molecule has 0 nitrogen and oxygen atoms in total. The van der Waals surface area contributed by atoms with Gasteiger partial charge < -0.3 is 0 Å². The minimum atomic E-state index is 0.917. The largest absolute Gasteiger partial charge is 0.0625 e. The Morgan fingerprint density at radius 3 is 1.94 bits per heavy atom. The van der Waals surface area contributed by atoms with E-state index in [0.29, 0.717) is 0 Å². The van der Waals surface area contributed by atoms with Crippen LogP contribution < -0.4 is 0 Å². The molecule has 2 aliphatic rings. The quantitative estimate of drug-likeness (QED) is 0.542. The molecule has 2 aliphatic carbocycles. The van der Waals surface area contributed by atoms with E-state index in [1.54, 1.807) is 12.8 Å². The van der Waals surface area contributed by atoms with Gasteiger partial charge in [0.05, 0.1) is 0 Å². The van der Waals surface area contributed by atoms with Crippen molar-refractivity contribution in [1.29, 1.82) is 0 Å². The third-order valence-corrected chi connectivity index (χ3v) is 5.73. The Balaban J connectivity index is 1.82. The van der Waals surface area contributed by atoms with Crippen molar-refractivity contribution in [3.05, 3.63) is 0 Å². The SMILES string of the molecule is CC1CCC(C2CCCC(C(C)C)CC2)CC1. The Morgan fingerprint density at radius 2 is 1.29 bits per heavy atom. The van der Waals surface area contributed by atoms with E-state index in [9.17, 15) is 0 Å². The highest BCUT2D eigenvalue weighted by Gasteiger charge is 2.28. The van der Waals surface area contributed by atoms with Crippen molar-refractivity contribution in [2.75, 3.05) is 0 Å². The van der Waals surface area contributed by atoms with Gasteiger partial charge in [-0.2, -0.15) is 0 Å². The van der Waals surface area contributed by atoms with E-state index >= 15 is 0 Å². The molecular weight excluding hydrogens is 204 g/mol. The predicted octanol–water partition coefficient (Wildman–Crippen LogP) is 5.67. The predicted molar refractivity (Wildman–Crippen MR) is 76.0 cm³/mol. The van der Waals surface area contributed by atoms with Gasteiger partial charge in [-0.25, -0.2) is 0 Å². The van der Waals surface area contributed by atoms with Gasteiger partial charge >= 0.3 is 0 Å². The van der Waals surface area contributed by atoms with E-state index in [-0.39, 0.29) is 0 Å². The molecule has 0 N–H and O–H groups in total. The van der Waals surface area contributed by atoms with Crippen LogP contribution in [0.25, 0.3) is 0 Å². The van der Waals surface area contributed by atoms with E-state index in [4.69, 9.17) is 0 Å². The van der Waals surface area contributed by atoms with Crippen molar-refractivity contribution in [2.24, 2.45) is 29.6 Å². The van der Waals surface area contributed by atoms with E-state index in [1.807, 2.05) is 0 Å². The van der Waals surface area contributed by atoms with E-state index in [1.165, 1.54) is 44.9 Å². The molecule has 0 spiro atoms. The molecule has 0 bridgehead atoms. The highest BCUT2D eigenvalue weighted by Crippen LogP contribution is 2.41. The summed E-state index contributed by atoms with van der Waals surface area (Å²) in [6.45, 7) is 7.29. The summed E-state index contributed by atoms with van der Waals surface area (Å²) in [4.78, 5) is 0. The first-order valence-corrected chi connectivity index (χ1v) is 8.16. The summed E-state index contributed by atoms with van der Waals surface area (Å²) in [6.07, 6.45) is 13.7. The van der Waals surface area contributed by atoms with Gasteiger partial charge in [0.25, 0.3) is 0 Å². The second-order valence-electron chi connectivity index (χ2n) is 7.29. The average Bonchev–Trinajstić information content (AvgIpc) is 2.55. The van der Waals surface area contributed by atoms with Crippen LogP contribution in [0.2, 0.25) is 0 Å². The second kappa shape index (κ2) is 6.25. The molecule has 2 unspecified atom stereocenters. The summed E-state index contributed by atoms with van der Waals surface area (Å²) in [6, 6.07) is 0. The molecule has 0 aromatic heterocycles. The zero-order valence-corrected chi connectivity index (χ0v) is 12.3. The van der Waals surface area contributed by atoms with Gasteiger partial charge in [0.15, 0.2) is 0 Å². The van der Waals surface area contributed by atoms with E-state index in [0.717, 1.165) is 29.6 Å². The Morgan fingerprint density at radius 1 is 0.706 bits per heavy atom. The molecular formula is C17H32. The first-order chi connectivity index (χ1) is 8.16. The summed E-state index contributed by atoms with van der Waals surface area (Å²) in [5.41, 5.74) is 0. The molecule has 0 aliphatic heterocycles. The summed E-state index contributed by atoms with van der Waals surface area (Å²) in [5.74, 6) is 5.14. The third kappa shape index (κ3) is 3.73. The average molecular weight is 236 g/mol. The molecule has 0 amide bonds. The maximum Gasteiger partial charge on any atom is -0.0386 e. The first-order valence-electron chi connectivity index (χ1n) is 8.16. The van der Waals surface area contributed by atoms with Crippen LogP contribution in [0.1, 0.15) is 78.6 Å². The Bertz CT molecular complexity index is 210. The summed E-state index contributed by atoms with van der Waals surface area (Å²) >= 11 is 0. The van der Waals surface area contributed by atoms with E-state index in [2.05, 4.69) is 20.8 Å².